The van der Waals surface area contributed by atoms with Crippen LogP contribution in [-0.4, -0.2) is 90.7 Å². The van der Waals surface area contributed by atoms with Crippen molar-refractivity contribution in [1.29, 1.82) is 5.26 Å². The topological polar surface area (TPSA) is 88.8 Å². The van der Waals surface area contributed by atoms with Gasteiger partial charge in [-0.3, -0.25) is 4.79 Å². The number of hydrogen-bond donors (Lipinski definition) is 0. The number of carbonyl (C=O) groups is 1. The van der Waals surface area contributed by atoms with Gasteiger partial charge in [-0.2, -0.15) is 28.4 Å². The molecular weight excluding hydrogens is 583 g/mol. The van der Waals surface area contributed by atoms with Crippen molar-refractivity contribution in [3.05, 3.63) is 52.7 Å². The first-order valence-electron chi connectivity index (χ1n) is 14.5. The van der Waals surface area contributed by atoms with Crippen molar-refractivity contribution in [2.24, 2.45) is 0 Å². The molecule has 2 fully saturated rings. The number of anilines is 2. The monoisotopic (exact) mass is 617 g/mol. The number of nitriles is 1. The maximum Gasteiger partial charge on any atom is 0.419 e. The highest BCUT2D eigenvalue weighted by Crippen LogP contribution is 2.42. The molecule has 0 aliphatic carbocycles. The summed E-state index contributed by atoms with van der Waals surface area (Å²) in [5.41, 5.74) is 0.747. The van der Waals surface area contributed by atoms with Crippen LogP contribution >= 0.6 is 11.6 Å². The second kappa shape index (κ2) is 13.0. The summed E-state index contributed by atoms with van der Waals surface area (Å²) in [6, 6.07) is 6.52. The van der Waals surface area contributed by atoms with Crippen LogP contribution in [0.1, 0.15) is 36.1 Å². The third-order valence-electron chi connectivity index (χ3n) is 8.56. The second-order valence-corrected chi connectivity index (χ2v) is 11.6. The van der Waals surface area contributed by atoms with Gasteiger partial charge < -0.3 is 24.3 Å². The number of aromatic nitrogens is 2. The number of alkyl halides is 3. The number of nitrogens with zero attached hydrogens (tertiary/aromatic N) is 7. The van der Waals surface area contributed by atoms with Crippen molar-refractivity contribution in [2.45, 2.75) is 50.4 Å². The third kappa shape index (κ3) is 6.68. The minimum absolute atomic E-state index is 0.0358. The number of rotatable bonds is 7. The fraction of sp³-hybridized carbons (Fsp3) is 0.533. The molecule has 2 atom stereocenters. The molecule has 9 nitrogen and oxygen atoms in total. The van der Waals surface area contributed by atoms with Gasteiger partial charge in [0.25, 0.3) is 0 Å². The molecule has 13 heteroatoms. The highest BCUT2D eigenvalue weighted by atomic mass is 35.5. The van der Waals surface area contributed by atoms with E-state index in [-0.39, 0.29) is 41.1 Å². The summed E-state index contributed by atoms with van der Waals surface area (Å²) in [5, 5.41) is 9.14. The quantitative estimate of drug-likeness (QED) is 0.424. The van der Waals surface area contributed by atoms with Gasteiger partial charge in [0, 0.05) is 50.7 Å². The molecule has 230 valence electrons. The van der Waals surface area contributed by atoms with E-state index in [1.807, 2.05) is 4.90 Å². The van der Waals surface area contributed by atoms with Crippen LogP contribution in [0.2, 0.25) is 5.02 Å². The molecule has 3 aliphatic rings. The summed E-state index contributed by atoms with van der Waals surface area (Å²) in [4.78, 5) is 29.7. The summed E-state index contributed by atoms with van der Waals surface area (Å²) in [6.07, 6.45) is -0.330. The summed E-state index contributed by atoms with van der Waals surface area (Å²) in [5.74, 6) is 0.404. The van der Waals surface area contributed by atoms with Crippen LogP contribution in [0, 0.1) is 11.3 Å². The van der Waals surface area contributed by atoms with Crippen molar-refractivity contribution in [2.75, 3.05) is 62.7 Å². The predicted octanol–water partition coefficient (Wildman–Crippen LogP) is 4.34. The van der Waals surface area contributed by atoms with E-state index in [2.05, 4.69) is 24.6 Å². The van der Waals surface area contributed by atoms with Crippen molar-refractivity contribution in [3.63, 3.8) is 0 Å². The Morgan fingerprint density at radius 1 is 1.16 bits per heavy atom. The molecular formula is C30H35ClF3N7O2. The number of benzene rings is 1. The fourth-order valence-corrected chi connectivity index (χ4v) is 6.55. The predicted molar refractivity (Wildman–Crippen MR) is 157 cm³/mol. The van der Waals surface area contributed by atoms with E-state index in [1.54, 1.807) is 9.80 Å². The highest BCUT2D eigenvalue weighted by molar-refractivity contribution is 6.31. The Labute approximate surface area is 254 Å². The van der Waals surface area contributed by atoms with Crippen molar-refractivity contribution in [3.8, 4) is 12.1 Å². The molecule has 2 aromatic rings. The molecule has 1 amide bonds. The number of halogens is 4. The number of carbonyl (C=O) groups excluding carboxylic acids is 1. The molecule has 1 aromatic heterocycles. The van der Waals surface area contributed by atoms with Crippen LogP contribution in [0.4, 0.5) is 24.7 Å². The molecule has 0 saturated carbocycles. The SMILES string of the molecule is C=CC(=O)N1CCN(c2nc(OC[C@@H]3CCCN3C)nc3c2CCN(c2cccc(Cl)c2C(F)(F)F)CC3)C[C@@H]1CC#N. The third-order valence-corrected chi connectivity index (χ3v) is 8.87. The molecule has 1 aromatic carbocycles. The van der Waals surface area contributed by atoms with Crippen molar-refractivity contribution >= 4 is 29.0 Å². The van der Waals surface area contributed by atoms with Crippen LogP contribution in [0.25, 0.3) is 0 Å². The fourth-order valence-electron chi connectivity index (χ4n) is 6.28. The molecule has 0 N–H and O–H groups in total. The first kappa shape index (κ1) is 30.9. The summed E-state index contributed by atoms with van der Waals surface area (Å²) >= 11 is 6.04. The molecule has 0 bridgehead atoms. The lowest BCUT2D eigenvalue weighted by atomic mass is 10.1. The number of likely N-dealkylation sites (tertiary alicyclic amines) is 1. The first-order chi connectivity index (χ1) is 20.6. The van der Waals surface area contributed by atoms with Gasteiger partial charge in [-0.25, -0.2) is 0 Å². The zero-order valence-electron chi connectivity index (χ0n) is 24.1. The van der Waals surface area contributed by atoms with Crippen LogP contribution in [-0.2, 0) is 23.8 Å². The van der Waals surface area contributed by atoms with E-state index < -0.39 is 11.7 Å². The Bertz CT molecular complexity index is 1400. The van der Waals surface area contributed by atoms with Crippen LogP contribution in [0.15, 0.2) is 30.9 Å². The zero-order valence-corrected chi connectivity index (χ0v) is 24.9. The molecule has 0 unspecified atom stereocenters. The molecule has 43 heavy (non-hydrogen) atoms. The maximum atomic E-state index is 14.0. The Hall–Kier alpha value is -3.56. The summed E-state index contributed by atoms with van der Waals surface area (Å²) in [7, 11) is 2.06. The van der Waals surface area contributed by atoms with Gasteiger partial charge in [-0.1, -0.05) is 24.2 Å². The van der Waals surface area contributed by atoms with Gasteiger partial charge >= 0.3 is 12.2 Å². The average molecular weight is 618 g/mol. The molecule has 0 spiro atoms. The lowest BCUT2D eigenvalue weighted by molar-refractivity contribution is -0.137. The van der Waals surface area contributed by atoms with Gasteiger partial charge in [0.1, 0.15) is 12.4 Å². The van der Waals surface area contributed by atoms with Gasteiger partial charge in [-0.05, 0) is 51.1 Å². The van der Waals surface area contributed by atoms with E-state index in [0.29, 0.717) is 58.0 Å². The Morgan fingerprint density at radius 3 is 2.65 bits per heavy atom. The smallest absolute Gasteiger partial charge is 0.419 e. The first-order valence-corrected chi connectivity index (χ1v) is 14.9. The number of likely N-dealkylation sites (N-methyl/N-ethyl adjacent to an activating group) is 1. The largest absolute Gasteiger partial charge is 0.462 e. The van der Waals surface area contributed by atoms with Crippen molar-refractivity contribution < 1.29 is 22.7 Å². The van der Waals surface area contributed by atoms with Gasteiger partial charge in [0.15, 0.2) is 0 Å². The minimum Gasteiger partial charge on any atom is -0.462 e. The standard InChI is InChI=1S/C30H35ClF3N7O2/c1-3-26(42)41-17-16-40(18-20(41)9-12-35)28-22-10-14-39(25-8-4-7-23(31)27(25)30(32,33)34)15-11-24(22)36-29(37-28)43-19-21-6-5-13-38(21)2/h3-4,7-8,20-21H,1,5-6,9-11,13-19H2,2H3/t20-,21-/m0/s1. The molecule has 2 saturated heterocycles. The van der Waals surface area contributed by atoms with E-state index in [0.717, 1.165) is 30.6 Å². The number of hydrogen-bond acceptors (Lipinski definition) is 8. The van der Waals surface area contributed by atoms with Crippen LogP contribution < -0.4 is 14.5 Å². The lowest BCUT2D eigenvalue weighted by Gasteiger charge is -2.41. The Kier molecular flexibility index (Phi) is 9.32. The number of fused-ring (bicyclic) bond motifs is 1. The lowest BCUT2D eigenvalue weighted by Crippen LogP contribution is -2.55. The van der Waals surface area contributed by atoms with Crippen LogP contribution in [0.3, 0.4) is 0 Å². The maximum absolute atomic E-state index is 14.0. The van der Waals surface area contributed by atoms with E-state index in [9.17, 15) is 23.2 Å². The zero-order chi connectivity index (χ0) is 30.7. The molecule has 5 rings (SSSR count). The summed E-state index contributed by atoms with van der Waals surface area (Å²) < 4.78 is 48.2. The van der Waals surface area contributed by atoms with Crippen molar-refractivity contribution in [1.82, 2.24) is 19.8 Å². The van der Waals surface area contributed by atoms with Gasteiger partial charge in [-0.15, -0.1) is 0 Å². The van der Waals surface area contributed by atoms with E-state index >= 15 is 0 Å². The Morgan fingerprint density at radius 2 is 1.95 bits per heavy atom. The van der Waals surface area contributed by atoms with Gasteiger partial charge in [0.2, 0.25) is 5.91 Å². The highest BCUT2D eigenvalue weighted by Gasteiger charge is 2.38. The van der Waals surface area contributed by atoms with E-state index in [1.165, 1.54) is 24.3 Å². The van der Waals surface area contributed by atoms with Gasteiger partial charge in [0.05, 0.1) is 40.5 Å². The number of amides is 1. The van der Waals surface area contributed by atoms with E-state index in [4.69, 9.17) is 26.3 Å². The molecule has 4 heterocycles. The number of ether oxygens (including phenoxy) is 1. The second-order valence-electron chi connectivity index (χ2n) is 11.2. The molecule has 0 radical (unpaired) electrons. The molecule has 3 aliphatic heterocycles. The average Bonchev–Trinajstić information content (AvgIpc) is 3.27. The number of piperazine rings is 1. The minimum atomic E-state index is -4.61. The van der Waals surface area contributed by atoms with Crippen LogP contribution in [0.5, 0.6) is 6.01 Å². The summed E-state index contributed by atoms with van der Waals surface area (Å²) in [6.45, 7) is 6.84. The Balaban J connectivity index is 1.47. The normalized spacial score (nSPS) is 21.3.